The molecule has 1 unspecified atom stereocenters. The fourth-order valence-corrected chi connectivity index (χ4v) is 3.04. The molecular formula is C19H19NO3. The predicted molar refractivity (Wildman–Crippen MR) is 88.9 cm³/mol. The van der Waals surface area contributed by atoms with Crippen molar-refractivity contribution in [3.05, 3.63) is 65.2 Å². The lowest BCUT2D eigenvalue weighted by atomic mass is 9.91. The highest BCUT2D eigenvalue weighted by Crippen LogP contribution is 2.34. The van der Waals surface area contributed by atoms with E-state index in [0.29, 0.717) is 5.92 Å². The molecule has 3 rings (SSSR count). The van der Waals surface area contributed by atoms with Crippen molar-refractivity contribution in [2.75, 3.05) is 11.4 Å². The second kappa shape index (κ2) is 6.24. The van der Waals surface area contributed by atoms with Gasteiger partial charge in [0.1, 0.15) is 0 Å². The standard InChI is InChI=1S/C19H19NO3/c1-13-10-11-20(17-5-3-2-4-16(13)17)18(21)12-14-6-8-15(9-7-14)19(22)23/h2-9,13H,10-12H2,1H3,(H,22,23). The third kappa shape index (κ3) is 3.11. The highest BCUT2D eigenvalue weighted by Gasteiger charge is 2.25. The van der Waals surface area contributed by atoms with Gasteiger partial charge in [0.05, 0.1) is 12.0 Å². The van der Waals surface area contributed by atoms with Gasteiger partial charge in [-0.2, -0.15) is 0 Å². The van der Waals surface area contributed by atoms with E-state index >= 15 is 0 Å². The van der Waals surface area contributed by atoms with Gasteiger partial charge in [0, 0.05) is 12.2 Å². The molecule has 1 atom stereocenters. The first kappa shape index (κ1) is 15.3. The number of anilines is 1. The molecule has 0 saturated carbocycles. The van der Waals surface area contributed by atoms with Gasteiger partial charge in [0.2, 0.25) is 5.91 Å². The molecule has 0 fully saturated rings. The smallest absolute Gasteiger partial charge is 0.335 e. The Morgan fingerprint density at radius 1 is 1.13 bits per heavy atom. The molecule has 0 aliphatic carbocycles. The van der Waals surface area contributed by atoms with Crippen LogP contribution in [0, 0.1) is 0 Å². The molecular weight excluding hydrogens is 290 g/mol. The first-order valence-corrected chi connectivity index (χ1v) is 7.78. The number of hydrogen-bond donors (Lipinski definition) is 1. The van der Waals surface area contributed by atoms with Crippen molar-refractivity contribution in [3.63, 3.8) is 0 Å². The van der Waals surface area contributed by atoms with Gasteiger partial charge in [-0.05, 0) is 41.7 Å². The van der Waals surface area contributed by atoms with E-state index in [1.807, 2.05) is 23.1 Å². The molecule has 0 aromatic heterocycles. The molecule has 118 valence electrons. The summed E-state index contributed by atoms with van der Waals surface area (Å²) in [5.41, 5.74) is 3.28. The van der Waals surface area contributed by atoms with Gasteiger partial charge in [-0.3, -0.25) is 4.79 Å². The number of amides is 1. The first-order chi connectivity index (χ1) is 11.1. The number of fused-ring (bicyclic) bond motifs is 1. The van der Waals surface area contributed by atoms with E-state index in [4.69, 9.17) is 5.11 Å². The Hall–Kier alpha value is -2.62. The monoisotopic (exact) mass is 309 g/mol. The molecule has 0 radical (unpaired) electrons. The number of para-hydroxylation sites is 1. The molecule has 1 heterocycles. The summed E-state index contributed by atoms with van der Waals surface area (Å²) in [6.07, 6.45) is 1.24. The highest BCUT2D eigenvalue weighted by atomic mass is 16.4. The summed E-state index contributed by atoms with van der Waals surface area (Å²) in [5.74, 6) is -0.445. The number of hydrogen-bond acceptors (Lipinski definition) is 2. The van der Waals surface area contributed by atoms with Crippen LogP contribution >= 0.6 is 0 Å². The number of benzene rings is 2. The molecule has 1 aliphatic heterocycles. The Morgan fingerprint density at radius 2 is 1.83 bits per heavy atom. The topological polar surface area (TPSA) is 57.6 Å². The number of aromatic carboxylic acids is 1. The molecule has 4 nitrogen and oxygen atoms in total. The lowest BCUT2D eigenvalue weighted by Gasteiger charge is -2.33. The number of carboxylic acids is 1. The zero-order valence-electron chi connectivity index (χ0n) is 13.0. The Bertz CT molecular complexity index is 737. The second-order valence-corrected chi connectivity index (χ2v) is 5.97. The minimum absolute atomic E-state index is 0.0485. The molecule has 2 aromatic rings. The summed E-state index contributed by atoms with van der Waals surface area (Å²) in [7, 11) is 0. The Kier molecular flexibility index (Phi) is 4.15. The fourth-order valence-electron chi connectivity index (χ4n) is 3.04. The van der Waals surface area contributed by atoms with Gasteiger partial charge in [0.25, 0.3) is 0 Å². The van der Waals surface area contributed by atoms with E-state index in [1.54, 1.807) is 12.1 Å². The molecule has 4 heteroatoms. The number of nitrogens with zero attached hydrogens (tertiary/aromatic N) is 1. The number of rotatable bonds is 3. The fraction of sp³-hybridized carbons (Fsp3) is 0.263. The number of carbonyl (C=O) groups excluding carboxylic acids is 1. The maximum atomic E-state index is 12.7. The van der Waals surface area contributed by atoms with Crippen LogP contribution in [-0.4, -0.2) is 23.5 Å². The minimum atomic E-state index is -0.957. The van der Waals surface area contributed by atoms with E-state index < -0.39 is 5.97 Å². The van der Waals surface area contributed by atoms with E-state index in [2.05, 4.69) is 13.0 Å². The van der Waals surface area contributed by atoms with E-state index in [1.165, 1.54) is 17.7 Å². The van der Waals surface area contributed by atoms with Gasteiger partial charge >= 0.3 is 5.97 Å². The average molecular weight is 309 g/mol. The van der Waals surface area contributed by atoms with Crippen molar-refractivity contribution in [3.8, 4) is 0 Å². The summed E-state index contributed by atoms with van der Waals surface area (Å²) in [6.45, 7) is 2.91. The van der Waals surface area contributed by atoms with Crippen LogP contribution in [-0.2, 0) is 11.2 Å². The van der Waals surface area contributed by atoms with Crippen LogP contribution < -0.4 is 4.90 Å². The van der Waals surface area contributed by atoms with Crippen LogP contribution in [0.4, 0.5) is 5.69 Å². The van der Waals surface area contributed by atoms with E-state index in [9.17, 15) is 9.59 Å². The lowest BCUT2D eigenvalue weighted by molar-refractivity contribution is -0.118. The van der Waals surface area contributed by atoms with Crippen molar-refractivity contribution in [2.45, 2.75) is 25.7 Å². The molecule has 1 N–H and O–H groups in total. The van der Waals surface area contributed by atoms with Crippen LogP contribution in [0.15, 0.2) is 48.5 Å². The predicted octanol–water partition coefficient (Wildman–Crippen LogP) is 3.47. The van der Waals surface area contributed by atoms with E-state index in [-0.39, 0.29) is 17.9 Å². The molecule has 0 spiro atoms. The van der Waals surface area contributed by atoms with Gasteiger partial charge in [0.15, 0.2) is 0 Å². The van der Waals surface area contributed by atoms with Gasteiger partial charge in [-0.15, -0.1) is 0 Å². The van der Waals surface area contributed by atoms with Crippen molar-refractivity contribution < 1.29 is 14.7 Å². The van der Waals surface area contributed by atoms with Crippen LogP contribution in [0.25, 0.3) is 0 Å². The van der Waals surface area contributed by atoms with Crippen LogP contribution in [0.3, 0.4) is 0 Å². The SMILES string of the molecule is CC1CCN(C(=O)Cc2ccc(C(=O)O)cc2)c2ccccc21. The highest BCUT2D eigenvalue weighted by molar-refractivity contribution is 5.96. The number of carboxylic acid groups (broad SMARTS) is 1. The molecule has 0 saturated heterocycles. The third-order valence-electron chi connectivity index (χ3n) is 4.40. The molecule has 1 amide bonds. The average Bonchev–Trinajstić information content (AvgIpc) is 2.56. The van der Waals surface area contributed by atoms with Crippen molar-refractivity contribution in [2.24, 2.45) is 0 Å². The Labute approximate surface area is 135 Å². The van der Waals surface area contributed by atoms with E-state index in [0.717, 1.165) is 24.2 Å². The lowest BCUT2D eigenvalue weighted by Crippen LogP contribution is -2.37. The van der Waals surface area contributed by atoms with Crippen molar-refractivity contribution in [1.82, 2.24) is 0 Å². The summed E-state index contributed by atoms with van der Waals surface area (Å²) in [5, 5.41) is 8.92. The number of carbonyl (C=O) groups is 2. The third-order valence-corrected chi connectivity index (χ3v) is 4.40. The Morgan fingerprint density at radius 3 is 2.52 bits per heavy atom. The summed E-state index contributed by atoms with van der Waals surface area (Å²) >= 11 is 0. The quantitative estimate of drug-likeness (QED) is 0.944. The van der Waals surface area contributed by atoms with Crippen molar-refractivity contribution in [1.29, 1.82) is 0 Å². The minimum Gasteiger partial charge on any atom is -0.478 e. The van der Waals surface area contributed by atoms with Gasteiger partial charge < -0.3 is 10.0 Å². The summed E-state index contributed by atoms with van der Waals surface area (Å²) in [6, 6.07) is 14.5. The zero-order chi connectivity index (χ0) is 16.4. The molecule has 1 aliphatic rings. The van der Waals surface area contributed by atoms with Crippen LogP contribution in [0.5, 0.6) is 0 Å². The van der Waals surface area contributed by atoms with Crippen LogP contribution in [0.1, 0.15) is 40.7 Å². The summed E-state index contributed by atoms with van der Waals surface area (Å²) in [4.78, 5) is 25.4. The van der Waals surface area contributed by atoms with Gasteiger partial charge in [-0.1, -0.05) is 37.3 Å². The molecule has 2 aromatic carbocycles. The van der Waals surface area contributed by atoms with Gasteiger partial charge in [-0.25, -0.2) is 4.79 Å². The normalized spacial score (nSPS) is 16.7. The molecule has 0 bridgehead atoms. The maximum Gasteiger partial charge on any atom is 0.335 e. The zero-order valence-corrected chi connectivity index (χ0v) is 13.0. The first-order valence-electron chi connectivity index (χ1n) is 7.78. The van der Waals surface area contributed by atoms with Crippen molar-refractivity contribution >= 4 is 17.6 Å². The summed E-state index contributed by atoms with van der Waals surface area (Å²) < 4.78 is 0. The Balaban J connectivity index is 1.79. The second-order valence-electron chi connectivity index (χ2n) is 5.97. The van der Waals surface area contributed by atoms with Crippen LogP contribution in [0.2, 0.25) is 0 Å². The maximum absolute atomic E-state index is 12.7. The largest absolute Gasteiger partial charge is 0.478 e. The molecule has 23 heavy (non-hydrogen) atoms.